The molecule has 31 heavy (non-hydrogen) atoms. The highest BCUT2D eigenvalue weighted by atomic mass is 32.1. The Morgan fingerprint density at radius 3 is 2.45 bits per heavy atom. The molecule has 1 saturated heterocycles. The molecule has 0 unspecified atom stereocenters. The first-order chi connectivity index (χ1) is 15.1. The van der Waals surface area contributed by atoms with E-state index in [0.717, 1.165) is 16.5 Å². The average molecular weight is 432 g/mol. The van der Waals surface area contributed by atoms with Crippen LogP contribution in [0.2, 0.25) is 0 Å². The second-order valence-electron chi connectivity index (χ2n) is 8.69. The van der Waals surface area contributed by atoms with Crippen LogP contribution in [-0.4, -0.2) is 28.8 Å². The minimum absolute atomic E-state index is 0.00252. The Labute approximate surface area is 189 Å². The van der Waals surface area contributed by atoms with Gasteiger partial charge in [0.1, 0.15) is 6.04 Å². The summed E-state index contributed by atoms with van der Waals surface area (Å²) < 4.78 is 2.49. The molecule has 0 bridgehead atoms. The zero-order chi connectivity index (χ0) is 21.4. The molecular formula is C25H29N5S. The molecule has 1 aliphatic heterocycles. The van der Waals surface area contributed by atoms with E-state index in [-0.39, 0.29) is 12.1 Å². The summed E-state index contributed by atoms with van der Waals surface area (Å²) in [5.74, 6) is 0. The van der Waals surface area contributed by atoms with Crippen LogP contribution in [0.3, 0.4) is 0 Å². The highest BCUT2D eigenvalue weighted by Gasteiger charge is 2.42. The molecule has 0 amide bonds. The fraction of sp³-hybridized carbons (Fsp3) is 0.360. The van der Waals surface area contributed by atoms with Crippen molar-refractivity contribution in [1.29, 1.82) is 0 Å². The van der Waals surface area contributed by atoms with E-state index in [1.807, 2.05) is 12.3 Å². The number of pyridine rings is 1. The lowest BCUT2D eigenvalue weighted by atomic mass is 10.00. The Hall–Kier alpha value is -2.86. The number of hydrogen-bond donors (Lipinski definition) is 1. The summed E-state index contributed by atoms with van der Waals surface area (Å²) in [7, 11) is 4.12. The van der Waals surface area contributed by atoms with Crippen molar-refractivity contribution in [2.75, 3.05) is 23.9 Å². The lowest BCUT2D eigenvalue weighted by Gasteiger charge is -2.30. The Balaban J connectivity index is 1.59. The van der Waals surface area contributed by atoms with Gasteiger partial charge in [0.05, 0.1) is 11.7 Å². The third-order valence-electron chi connectivity index (χ3n) is 6.58. The van der Waals surface area contributed by atoms with Gasteiger partial charge in [-0.3, -0.25) is 4.98 Å². The quantitative estimate of drug-likeness (QED) is 0.559. The zero-order valence-electron chi connectivity index (χ0n) is 18.1. The van der Waals surface area contributed by atoms with Crippen molar-refractivity contribution in [3.8, 4) is 0 Å². The second-order valence-corrected chi connectivity index (χ2v) is 9.07. The molecule has 0 radical (unpaired) electrons. The van der Waals surface area contributed by atoms with Gasteiger partial charge in [-0.05, 0) is 73.6 Å². The molecular weight excluding hydrogens is 402 g/mol. The standard InChI is InChI=1S/C25H29N5S/c1-28(2)18-12-14-20(15-13-18)30-24(22-11-7-17-29(22)19-8-3-4-9-19)23(27-25(30)31)21-10-5-6-16-26-21/h5-7,10-17,19,23-24H,3-4,8-9H2,1-2H3,(H,27,31)/t23-,24-/m1/s1. The summed E-state index contributed by atoms with van der Waals surface area (Å²) in [6.45, 7) is 0. The van der Waals surface area contributed by atoms with E-state index >= 15 is 0 Å². The first-order valence-electron chi connectivity index (χ1n) is 11.1. The molecule has 2 aromatic heterocycles. The molecule has 1 saturated carbocycles. The van der Waals surface area contributed by atoms with Gasteiger partial charge in [0, 0.05) is 49.6 Å². The lowest BCUT2D eigenvalue weighted by Crippen LogP contribution is -2.30. The summed E-state index contributed by atoms with van der Waals surface area (Å²) in [5.41, 5.74) is 4.59. The average Bonchev–Trinajstić information content (AvgIpc) is 3.53. The molecule has 3 heterocycles. The molecule has 2 aliphatic rings. The number of aromatic nitrogens is 2. The van der Waals surface area contributed by atoms with Crippen molar-refractivity contribution >= 4 is 28.7 Å². The Morgan fingerprint density at radius 2 is 1.77 bits per heavy atom. The lowest BCUT2D eigenvalue weighted by molar-refractivity contribution is 0.461. The maximum atomic E-state index is 5.88. The molecule has 2 atom stereocenters. The topological polar surface area (TPSA) is 36.3 Å². The van der Waals surface area contributed by atoms with Gasteiger partial charge >= 0.3 is 0 Å². The van der Waals surface area contributed by atoms with Gasteiger partial charge in [-0.25, -0.2) is 0 Å². The molecule has 1 aliphatic carbocycles. The molecule has 3 aromatic rings. The van der Waals surface area contributed by atoms with E-state index in [0.29, 0.717) is 6.04 Å². The summed E-state index contributed by atoms with van der Waals surface area (Å²) >= 11 is 5.88. The minimum atomic E-state index is -0.00252. The first kappa shape index (κ1) is 20.1. The Morgan fingerprint density at radius 1 is 1.00 bits per heavy atom. The van der Waals surface area contributed by atoms with Crippen LogP contribution in [0.25, 0.3) is 0 Å². The monoisotopic (exact) mass is 431 g/mol. The smallest absolute Gasteiger partial charge is 0.174 e. The fourth-order valence-corrected chi connectivity index (χ4v) is 5.36. The van der Waals surface area contributed by atoms with Gasteiger partial charge in [-0.15, -0.1) is 0 Å². The van der Waals surface area contributed by atoms with Gasteiger partial charge in [0.2, 0.25) is 0 Å². The van der Waals surface area contributed by atoms with Crippen LogP contribution in [0, 0.1) is 0 Å². The van der Waals surface area contributed by atoms with E-state index in [4.69, 9.17) is 12.2 Å². The summed E-state index contributed by atoms with van der Waals surface area (Å²) in [4.78, 5) is 9.07. The molecule has 1 aromatic carbocycles. The molecule has 5 rings (SSSR count). The van der Waals surface area contributed by atoms with Gasteiger partial charge in [-0.2, -0.15) is 0 Å². The molecule has 5 nitrogen and oxygen atoms in total. The van der Waals surface area contributed by atoms with Crippen LogP contribution in [0.1, 0.15) is 55.2 Å². The Kier molecular flexibility index (Phi) is 5.40. The third kappa shape index (κ3) is 3.69. The van der Waals surface area contributed by atoms with Gasteiger partial charge in [0.25, 0.3) is 0 Å². The van der Waals surface area contributed by atoms with Crippen molar-refractivity contribution in [3.05, 3.63) is 78.4 Å². The highest BCUT2D eigenvalue weighted by Crippen LogP contribution is 2.43. The molecule has 1 N–H and O–H groups in total. The number of hydrogen-bond acceptors (Lipinski definition) is 3. The number of thiocarbonyl (C=S) groups is 1. The highest BCUT2D eigenvalue weighted by molar-refractivity contribution is 7.80. The van der Waals surface area contributed by atoms with E-state index < -0.39 is 0 Å². The first-order valence-corrected chi connectivity index (χ1v) is 11.5. The minimum Gasteiger partial charge on any atom is -0.378 e. The van der Waals surface area contributed by atoms with Crippen LogP contribution in [0.4, 0.5) is 11.4 Å². The second kappa shape index (κ2) is 8.35. The maximum absolute atomic E-state index is 5.88. The molecule has 160 valence electrons. The largest absolute Gasteiger partial charge is 0.378 e. The summed E-state index contributed by atoms with van der Waals surface area (Å²) in [5, 5.41) is 4.33. The van der Waals surface area contributed by atoms with E-state index in [2.05, 4.69) is 93.5 Å². The van der Waals surface area contributed by atoms with Crippen molar-refractivity contribution in [2.45, 2.75) is 43.8 Å². The van der Waals surface area contributed by atoms with Gasteiger partial charge in [0.15, 0.2) is 5.11 Å². The van der Waals surface area contributed by atoms with Crippen LogP contribution in [0.5, 0.6) is 0 Å². The summed E-state index contributed by atoms with van der Waals surface area (Å²) in [6, 6.07) is 19.8. The zero-order valence-corrected chi connectivity index (χ0v) is 18.9. The van der Waals surface area contributed by atoms with Gasteiger partial charge < -0.3 is 19.7 Å². The summed E-state index contributed by atoms with van der Waals surface area (Å²) in [6.07, 6.45) is 9.22. The van der Waals surface area contributed by atoms with Crippen LogP contribution in [-0.2, 0) is 0 Å². The van der Waals surface area contributed by atoms with Crippen molar-refractivity contribution in [2.24, 2.45) is 0 Å². The number of rotatable bonds is 5. The van der Waals surface area contributed by atoms with E-state index in [1.54, 1.807) is 0 Å². The molecule has 0 spiro atoms. The molecule has 6 heteroatoms. The van der Waals surface area contributed by atoms with Crippen molar-refractivity contribution in [1.82, 2.24) is 14.9 Å². The molecule has 2 fully saturated rings. The van der Waals surface area contributed by atoms with Gasteiger partial charge in [-0.1, -0.05) is 18.9 Å². The Bertz CT molecular complexity index is 1040. The van der Waals surface area contributed by atoms with E-state index in [1.165, 1.54) is 37.1 Å². The van der Waals surface area contributed by atoms with Crippen molar-refractivity contribution < 1.29 is 0 Å². The van der Waals surface area contributed by atoms with Crippen LogP contribution < -0.4 is 15.1 Å². The van der Waals surface area contributed by atoms with Crippen LogP contribution in [0.15, 0.2) is 67.0 Å². The number of anilines is 2. The maximum Gasteiger partial charge on any atom is 0.174 e. The van der Waals surface area contributed by atoms with Crippen LogP contribution >= 0.6 is 12.2 Å². The van der Waals surface area contributed by atoms with E-state index in [9.17, 15) is 0 Å². The number of nitrogens with one attached hydrogen (secondary N) is 1. The number of nitrogens with zero attached hydrogens (tertiary/aromatic N) is 4. The predicted molar refractivity (Wildman–Crippen MR) is 131 cm³/mol. The predicted octanol–water partition coefficient (Wildman–Crippen LogP) is 5.24. The normalized spacial score (nSPS) is 21.5. The SMILES string of the molecule is CN(C)c1ccc(N2C(=S)N[C@H](c3ccccn3)[C@H]2c2cccn2C2CCCC2)cc1. The third-order valence-corrected chi connectivity index (χ3v) is 6.89. The van der Waals surface area contributed by atoms with Crippen molar-refractivity contribution in [3.63, 3.8) is 0 Å². The number of benzene rings is 1. The fourth-order valence-electron chi connectivity index (χ4n) is 5.02.